The van der Waals surface area contributed by atoms with Gasteiger partial charge in [0, 0.05) is 23.8 Å². The van der Waals surface area contributed by atoms with E-state index in [0.29, 0.717) is 6.42 Å². The summed E-state index contributed by atoms with van der Waals surface area (Å²) in [6.45, 7) is 4.27. The van der Waals surface area contributed by atoms with Crippen LogP contribution in [0, 0.1) is 0 Å². The van der Waals surface area contributed by atoms with Crippen LogP contribution in [0.2, 0.25) is 0 Å². The van der Waals surface area contributed by atoms with Crippen LogP contribution in [-0.4, -0.2) is 27.8 Å². The molecule has 2 aromatic rings. The first-order valence-corrected chi connectivity index (χ1v) is 9.55. The Morgan fingerprint density at radius 2 is 2.17 bits per heavy atom. The molecule has 1 aliphatic heterocycles. The maximum absolute atomic E-state index is 11.7. The third-order valence-corrected chi connectivity index (χ3v) is 5.38. The van der Waals surface area contributed by atoms with Crippen molar-refractivity contribution >= 4 is 34.9 Å². The van der Waals surface area contributed by atoms with Crippen LogP contribution < -0.4 is 5.43 Å². The van der Waals surface area contributed by atoms with Crippen LogP contribution in [0.25, 0.3) is 11.0 Å². The summed E-state index contributed by atoms with van der Waals surface area (Å²) in [6.07, 6.45) is 7.30. The highest BCUT2D eigenvalue weighted by Gasteiger charge is 2.31. The van der Waals surface area contributed by atoms with Gasteiger partial charge >= 0.3 is 0 Å². The number of rotatable bonds is 7. The van der Waals surface area contributed by atoms with Gasteiger partial charge in [-0.3, -0.25) is 4.79 Å². The second-order valence-corrected chi connectivity index (χ2v) is 7.65. The standard InChI is InChI=1S/C18H24N4OS/c1-3-4-5-6-9-24-17-20-14-8-7-13(10-15(14)21-17)18(2)11-16(23)22-19-12-18/h7-8,10,12H,3-6,9,11H2,1-2H3,(H,20,21)(H,22,23). The number of carbonyl (C=O) groups is 1. The SMILES string of the molecule is CCCCCCSc1nc2ccc(C3(C)C=NNC(=O)C3)cc2[nH]1. The molecular weight excluding hydrogens is 320 g/mol. The van der Waals surface area contributed by atoms with Crippen molar-refractivity contribution in [3.05, 3.63) is 23.8 Å². The summed E-state index contributed by atoms with van der Waals surface area (Å²) in [7, 11) is 0. The second-order valence-electron chi connectivity index (χ2n) is 6.57. The number of thioether (sulfide) groups is 1. The highest BCUT2D eigenvalue weighted by molar-refractivity contribution is 7.99. The Labute approximate surface area is 146 Å². The zero-order valence-corrected chi connectivity index (χ0v) is 15.1. The third kappa shape index (κ3) is 3.80. The van der Waals surface area contributed by atoms with Gasteiger partial charge in [0.2, 0.25) is 5.91 Å². The molecule has 1 aromatic carbocycles. The lowest BCUT2D eigenvalue weighted by Gasteiger charge is -2.27. The number of carbonyl (C=O) groups excluding carboxylic acids is 1. The molecule has 2 N–H and O–H groups in total. The van der Waals surface area contributed by atoms with Crippen molar-refractivity contribution in [3.8, 4) is 0 Å². The summed E-state index contributed by atoms with van der Waals surface area (Å²) in [5, 5.41) is 4.95. The molecule has 0 saturated heterocycles. The smallest absolute Gasteiger partial charge is 0.241 e. The van der Waals surface area contributed by atoms with E-state index in [1.54, 1.807) is 11.8 Å². The number of hydrogen-bond donors (Lipinski definition) is 2. The Morgan fingerprint density at radius 3 is 2.96 bits per heavy atom. The van der Waals surface area contributed by atoms with E-state index in [4.69, 9.17) is 0 Å². The Hall–Kier alpha value is -1.82. The summed E-state index contributed by atoms with van der Waals surface area (Å²) < 4.78 is 0. The Bertz CT molecular complexity index is 755. The first kappa shape index (κ1) is 17.0. The predicted molar refractivity (Wildman–Crippen MR) is 99.6 cm³/mol. The van der Waals surface area contributed by atoms with Crippen molar-refractivity contribution in [2.24, 2.45) is 5.10 Å². The van der Waals surface area contributed by atoms with E-state index >= 15 is 0 Å². The Balaban J connectivity index is 1.73. The van der Waals surface area contributed by atoms with Crippen molar-refractivity contribution in [3.63, 3.8) is 0 Å². The fourth-order valence-electron chi connectivity index (χ4n) is 2.95. The van der Waals surface area contributed by atoms with Gasteiger partial charge in [-0.05, 0) is 31.0 Å². The summed E-state index contributed by atoms with van der Waals surface area (Å²) in [6, 6.07) is 6.16. The van der Waals surface area contributed by atoms with Gasteiger partial charge in [0.05, 0.1) is 11.0 Å². The van der Waals surface area contributed by atoms with Crippen LogP contribution in [0.5, 0.6) is 0 Å². The fraction of sp³-hybridized carbons (Fsp3) is 0.500. The Morgan fingerprint density at radius 1 is 1.29 bits per heavy atom. The highest BCUT2D eigenvalue weighted by Crippen LogP contribution is 2.30. The number of benzene rings is 1. The van der Waals surface area contributed by atoms with Crippen molar-refractivity contribution in [2.45, 2.75) is 56.5 Å². The third-order valence-electron chi connectivity index (χ3n) is 4.42. The lowest BCUT2D eigenvalue weighted by Crippen LogP contribution is -2.37. The van der Waals surface area contributed by atoms with E-state index in [2.05, 4.69) is 33.5 Å². The molecule has 1 aliphatic rings. The minimum Gasteiger partial charge on any atom is -0.333 e. The topological polar surface area (TPSA) is 70.1 Å². The number of H-pyrrole nitrogens is 1. The number of nitrogens with zero attached hydrogens (tertiary/aromatic N) is 2. The molecule has 1 atom stereocenters. The number of aromatic amines is 1. The van der Waals surface area contributed by atoms with Crippen LogP contribution in [0.4, 0.5) is 0 Å². The van der Waals surface area contributed by atoms with Crippen molar-refractivity contribution in [1.82, 2.24) is 15.4 Å². The molecule has 24 heavy (non-hydrogen) atoms. The number of amides is 1. The molecule has 0 spiro atoms. The van der Waals surface area contributed by atoms with Crippen LogP contribution in [0.15, 0.2) is 28.5 Å². The molecule has 128 valence electrons. The number of imidazole rings is 1. The minimum atomic E-state index is -0.366. The zero-order chi connectivity index (χ0) is 17.0. The molecule has 1 amide bonds. The molecule has 0 aliphatic carbocycles. The van der Waals surface area contributed by atoms with Gasteiger partial charge in [-0.1, -0.05) is 44.0 Å². The van der Waals surface area contributed by atoms with Gasteiger partial charge in [0.1, 0.15) is 0 Å². The molecule has 2 heterocycles. The number of aromatic nitrogens is 2. The molecular formula is C18H24N4OS. The number of hydrogen-bond acceptors (Lipinski definition) is 4. The summed E-state index contributed by atoms with van der Waals surface area (Å²) >= 11 is 1.78. The molecule has 0 radical (unpaired) electrons. The second kappa shape index (κ2) is 7.38. The van der Waals surface area contributed by atoms with Gasteiger partial charge in [-0.15, -0.1) is 0 Å². The van der Waals surface area contributed by atoms with E-state index in [-0.39, 0.29) is 11.3 Å². The van der Waals surface area contributed by atoms with E-state index < -0.39 is 0 Å². The number of unbranched alkanes of at least 4 members (excludes halogenated alkanes) is 3. The molecule has 5 nitrogen and oxygen atoms in total. The van der Waals surface area contributed by atoms with Crippen LogP contribution in [-0.2, 0) is 10.2 Å². The Kier molecular flexibility index (Phi) is 5.23. The molecule has 0 fully saturated rings. The average molecular weight is 344 g/mol. The van der Waals surface area contributed by atoms with Crippen LogP contribution in [0.1, 0.15) is 51.5 Å². The summed E-state index contributed by atoms with van der Waals surface area (Å²) in [5.74, 6) is 1.05. The molecule has 1 aromatic heterocycles. The van der Waals surface area contributed by atoms with E-state index in [0.717, 1.165) is 27.5 Å². The maximum atomic E-state index is 11.7. The minimum absolute atomic E-state index is 0.0481. The number of nitrogens with one attached hydrogen (secondary N) is 2. The first-order valence-electron chi connectivity index (χ1n) is 8.57. The van der Waals surface area contributed by atoms with Gasteiger partial charge in [0.25, 0.3) is 0 Å². The van der Waals surface area contributed by atoms with E-state index in [9.17, 15) is 4.79 Å². The molecule has 0 saturated carbocycles. The molecule has 6 heteroatoms. The summed E-state index contributed by atoms with van der Waals surface area (Å²) in [4.78, 5) is 19.7. The van der Waals surface area contributed by atoms with E-state index in [1.807, 2.05) is 25.3 Å². The highest BCUT2D eigenvalue weighted by atomic mass is 32.2. The zero-order valence-electron chi connectivity index (χ0n) is 14.3. The van der Waals surface area contributed by atoms with Gasteiger partial charge in [-0.2, -0.15) is 5.10 Å². The lowest BCUT2D eigenvalue weighted by atomic mass is 9.79. The van der Waals surface area contributed by atoms with Crippen LogP contribution >= 0.6 is 11.8 Å². The average Bonchev–Trinajstić information content (AvgIpc) is 2.96. The lowest BCUT2D eigenvalue weighted by molar-refractivity contribution is -0.122. The molecule has 3 rings (SSSR count). The maximum Gasteiger partial charge on any atom is 0.241 e. The summed E-state index contributed by atoms with van der Waals surface area (Å²) in [5.41, 5.74) is 5.19. The number of fused-ring (bicyclic) bond motifs is 1. The van der Waals surface area contributed by atoms with Gasteiger partial charge < -0.3 is 4.98 Å². The largest absolute Gasteiger partial charge is 0.333 e. The van der Waals surface area contributed by atoms with Crippen molar-refractivity contribution in [2.75, 3.05) is 5.75 Å². The van der Waals surface area contributed by atoms with Gasteiger partial charge in [0.15, 0.2) is 5.16 Å². The van der Waals surface area contributed by atoms with Crippen molar-refractivity contribution < 1.29 is 4.79 Å². The van der Waals surface area contributed by atoms with Crippen LogP contribution in [0.3, 0.4) is 0 Å². The quantitative estimate of drug-likeness (QED) is 0.589. The monoisotopic (exact) mass is 344 g/mol. The van der Waals surface area contributed by atoms with Gasteiger partial charge in [-0.25, -0.2) is 10.4 Å². The van der Waals surface area contributed by atoms with E-state index in [1.165, 1.54) is 25.7 Å². The van der Waals surface area contributed by atoms with Crippen molar-refractivity contribution in [1.29, 1.82) is 0 Å². The fourth-order valence-corrected chi connectivity index (χ4v) is 3.84. The molecule has 1 unspecified atom stereocenters. The first-order chi connectivity index (χ1) is 11.6. The predicted octanol–water partition coefficient (Wildman–Crippen LogP) is 4.00. The molecule has 0 bridgehead atoms. The number of hydrazone groups is 1. The normalized spacial score (nSPS) is 20.5.